The molecular formula is C12H16O2. The minimum absolute atomic E-state index is 0.102. The van der Waals surface area contributed by atoms with E-state index in [0.29, 0.717) is 0 Å². The van der Waals surface area contributed by atoms with Gasteiger partial charge in [0.1, 0.15) is 5.75 Å². The number of aliphatic hydroxyl groups excluding tert-OH is 1. The summed E-state index contributed by atoms with van der Waals surface area (Å²) in [6, 6.07) is 5.95. The summed E-state index contributed by atoms with van der Waals surface area (Å²) in [7, 11) is 1.66. The lowest BCUT2D eigenvalue weighted by Crippen LogP contribution is -1.88. The van der Waals surface area contributed by atoms with Gasteiger partial charge in [0.05, 0.1) is 13.7 Å². The van der Waals surface area contributed by atoms with Crippen molar-refractivity contribution in [2.75, 3.05) is 13.7 Å². The Labute approximate surface area is 84.8 Å². The van der Waals surface area contributed by atoms with Gasteiger partial charge in [0.25, 0.3) is 0 Å². The molecule has 0 heterocycles. The Bertz CT molecular complexity index is 340. The molecule has 0 bridgehead atoms. The molecule has 0 unspecified atom stereocenters. The lowest BCUT2D eigenvalue weighted by molar-refractivity contribution is 0.332. The van der Waals surface area contributed by atoms with Crippen LogP contribution in [-0.4, -0.2) is 18.8 Å². The fourth-order valence-corrected chi connectivity index (χ4v) is 1.32. The molecular weight excluding hydrogens is 176 g/mol. The molecule has 0 aliphatic carbocycles. The van der Waals surface area contributed by atoms with Crippen LogP contribution in [0.4, 0.5) is 0 Å². The highest BCUT2D eigenvalue weighted by Gasteiger charge is 1.97. The van der Waals surface area contributed by atoms with E-state index in [4.69, 9.17) is 9.84 Å². The number of hydrogen-bond donors (Lipinski definition) is 1. The minimum Gasteiger partial charge on any atom is -0.496 e. The van der Waals surface area contributed by atoms with Crippen molar-refractivity contribution in [3.05, 3.63) is 34.9 Å². The van der Waals surface area contributed by atoms with Crippen LogP contribution in [0.3, 0.4) is 0 Å². The maximum atomic E-state index is 8.87. The zero-order valence-corrected chi connectivity index (χ0v) is 8.87. The summed E-state index contributed by atoms with van der Waals surface area (Å²) >= 11 is 0. The van der Waals surface area contributed by atoms with Crippen molar-refractivity contribution < 1.29 is 9.84 Å². The summed E-state index contributed by atoms with van der Waals surface area (Å²) in [5.74, 6) is 0.892. The summed E-state index contributed by atoms with van der Waals surface area (Å²) in [6.45, 7) is 4.01. The van der Waals surface area contributed by atoms with Crippen LogP contribution in [0.1, 0.15) is 18.1 Å². The lowest BCUT2D eigenvalue weighted by atomic mass is 10.1. The Balaban J connectivity index is 2.97. The molecule has 76 valence electrons. The zero-order chi connectivity index (χ0) is 10.6. The number of aliphatic hydroxyl groups is 1. The minimum atomic E-state index is 0.102. The second-order valence-electron chi connectivity index (χ2n) is 3.38. The van der Waals surface area contributed by atoms with Gasteiger partial charge in [0, 0.05) is 0 Å². The first-order valence-electron chi connectivity index (χ1n) is 4.60. The topological polar surface area (TPSA) is 29.5 Å². The van der Waals surface area contributed by atoms with E-state index < -0.39 is 0 Å². The number of benzene rings is 1. The van der Waals surface area contributed by atoms with E-state index in [1.807, 2.05) is 38.1 Å². The monoisotopic (exact) mass is 192 g/mol. The Kier molecular flexibility index (Phi) is 3.72. The maximum Gasteiger partial charge on any atom is 0.121 e. The first kappa shape index (κ1) is 10.8. The van der Waals surface area contributed by atoms with E-state index in [0.717, 1.165) is 22.4 Å². The Morgan fingerprint density at radius 3 is 2.71 bits per heavy atom. The molecule has 14 heavy (non-hydrogen) atoms. The van der Waals surface area contributed by atoms with E-state index >= 15 is 0 Å². The van der Waals surface area contributed by atoms with Crippen molar-refractivity contribution in [3.63, 3.8) is 0 Å². The third-order valence-electron chi connectivity index (χ3n) is 2.08. The van der Waals surface area contributed by atoms with Crippen molar-refractivity contribution in [1.82, 2.24) is 0 Å². The van der Waals surface area contributed by atoms with E-state index in [-0.39, 0.29) is 6.61 Å². The van der Waals surface area contributed by atoms with Gasteiger partial charge in [-0.2, -0.15) is 0 Å². The van der Waals surface area contributed by atoms with Crippen molar-refractivity contribution in [3.8, 4) is 5.75 Å². The lowest BCUT2D eigenvalue weighted by Gasteiger charge is -2.05. The summed E-state index contributed by atoms with van der Waals surface area (Å²) in [6.07, 6.45) is 1.96. The highest BCUT2D eigenvalue weighted by molar-refractivity contribution is 5.55. The number of rotatable bonds is 3. The molecule has 1 rings (SSSR count). The molecule has 0 aliphatic heterocycles. The molecule has 0 saturated carbocycles. The van der Waals surface area contributed by atoms with E-state index in [2.05, 4.69) is 0 Å². The number of ether oxygens (including phenoxy) is 1. The average molecular weight is 192 g/mol. The second kappa shape index (κ2) is 4.82. The largest absolute Gasteiger partial charge is 0.496 e. The fourth-order valence-electron chi connectivity index (χ4n) is 1.32. The molecule has 0 radical (unpaired) electrons. The van der Waals surface area contributed by atoms with Gasteiger partial charge in [-0.15, -0.1) is 0 Å². The second-order valence-corrected chi connectivity index (χ2v) is 3.38. The maximum absolute atomic E-state index is 8.87. The molecule has 0 atom stereocenters. The summed E-state index contributed by atoms with van der Waals surface area (Å²) in [5.41, 5.74) is 3.15. The van der Waals surface area contributed by atoms with Crippen LogP contribution >= 0.6 is 0 Å². The van der Waals surface area contributed by atoms with Gasteiger partial charge in [-0.25, -0.2) is 0 Å². The molecule has 1 aromatic carbocycles. The summed E-state index contributed by atoms with van der Waals surface area (Å²) in [4.78, 5) is 0. The molecule has 1 aromatic rings. The zero-order valence-electron chi connectivity index (χ0n) is 8.87. The van der Waals surface area contributed by atoms with Crippen LogP contribution in [0.15, 0.2) is 23.8 Å². The predicted octanol–water partition coefficient (Wildman–Crippen LogP) is 2.40. The fraction of sp³-hybridized carbons (Fsp3) is 0.333. The molecule has 0 amide bonds. The third kappa shape index (κ3) is 2.60. The standard InChI is InChI=1S/C12H16O2/c1-9(8-13)6-11-4-5-12(14-3)10(2)7-11/h4-7,13H,8H2,1-3H3. The Morgan fingerprint density at radius 1 is 1.50 bits per heavy atom. The Hall–Kier alpha value is -1.28. The summed E-state index contributed by atoms with van der Waals surface area (Å²) in [5, 5.41) is 8.87. The van der Waals surface area contributed by atoms with Gasteiger partial charge in [-0.05, 0) is 42.7 Å². The van der Waals surface area contributed by atoms with Crippen molar-refractivity contribution >= 4 is 6.08 Å². The van der Waals surface area contributed by atoms with Crippen LogP contribution in [0.2, 0.25) is 0 Å². The molecule has 2 heteroatoms. The smallest absolute Gasteiger partial charge is 0.121 e. The van der Waals surface area contributed by atoms with Crippen LogP contribution in [0.25, 0.3) is 6.08 Å². The van der Waals surface area contributed by atoms with E-state index in [1.165, 1.54) is 0 Å². The van der Waals surface area contributed by atoms with Crippen LogP contribution < -0.4 is 4.74 Å². The van der Waals surface area contributed by atoms with Crippen LogP contribution in [0, 0.1) is 6.92 Å². The molecule has 1 N–H and O–H groups in total. The highest BCUT2D eigenvalue weighted by Crippen LogP contribution is 2.19. The number of methoxy groups -OCH3 is 1. The van der Waals surface area contributed by atoms with E-state index in [1.54, 1.807) is 7.11 Å². The van der Waals surface area contributed by atoms with Crippen LogP contribution in [0.5, 0.6) is 5.75 Å². The molecule has 0 aliphatic rings. The highest BCUT2D eigenvalue weighted by atomic mass is 16.5. The summed E-state index contributed by atoms with van der Waals surface area (Å²) < 4.78 is 5.16. The van der Waals surface area contributed by atoms with Gasteiger partial charge >= 0.3 is 0 Å². The van der Waals surface area contributed by atoms with Gasteiger partial charge in [-0.3, -0.25) is 0 Å². The SMILES string of the molecule is COc1ccc(C=C(C)CO)cc1C. The van der Waals surface area contributed by atoms with Gasteiger partial charge in [0.15, 0.2) is 0 Å². The molecule has 0 spiro atoms. The van der Waals surface area contributed by atoms with Crippen molar-refractivity contribution in [2.45, 2.75) is 13.8 Å². The van der Waals surface area contributed by atoms with E-state index in [9.17, 15) is 0 Å². The van der Waals surface area contributed by atoms with Crippen LogP contribution in [-0.2, 0) is 0 Å². The molecule has 0 saturated heterocycles. The first-order chi connectivity index (χ1) is 6.67. The van der Waals surface area contributed by atoms with Crippen molar-refractivity contribution in [2.24, 2.45) is 0 Å². The number of aryl methyl sites for hydroxylation is 1. The first-order valence-corrected chi connectivity index (χ1v) is 4.60. The normalized spacial score (nSPS) is 11.6. The average Bonchev–Trinajstić information content (AvgIpc) is 2.18. The molecule has 0 fully saturated rings. The van der Waals surface area contributed by atoms with Crippen molar-refractivity contribution in [1.29, 1.82) is 0 Å². The molecule has 2 nitrogen and oxygen atoms in total. The van der Waals surface area contributed by atoms with Gasteiger partial charge in [-0.1, -0.05) is 12.1 Å². The van der Waals surface area contributed by atoms with Gasteiger partial charge < -0.3 is 9.84 Å². The number of hydrogen-bond acceptors (Lipinski definition) is 2. The van der Waals surface area contributed by atoms with Gasteiger partial charge in [0.2, 0.25) is 0 Å². The molecule has 0 aromatic heterocycles. The Morgan fingerprint density at radius 2 is 2.21 bits per heavy atom. The predicted molar refractivity (Wildman–Crippen MR) is 58.5 cm³/mol. The quantitative estimate of drug-likeness (QED) is 0.796. The third-order valence-corrected chi connectivity index (χ3v) is 2.08.